The molecule has 1 aliphatic heterocycles. The van der Waals surface area contributed by atoms with Crippen molar-refractivity contribution in [1.29, 1.82) is 0 Å². The summed E-state index contributed by atoms with van der Waals surface area (Å²) in [4.78, 5) is 30.8. The Morgan fingerprint density at radius 3 is 2.23 bits per heavy atom. The molecule has 0 aromatic heterocycles. The lowest BCUT2D eigenvalue weighted by atomic mass is 9.82. The van der Waals surface area contributed by atoms with E-state index in [4.69, 9.17) is 0 Å². The number of Topliss-reactive ketones (excluding diaryl/α,β-unsaturated/α-hetero) is 1. The highest BCUT2D eigenvalue weighted by atomic mass is 16.2. The zero-order chi connectivity index (χ0) is 17.9. The van der Waals surface area contributed by atoms with Gasteiger partial charge in [-0.05, 0) is 38.2 Å². The number of hydrogen-bond acceptors (Lipinski definition) is 3. The fourth-order valence-electron chi connectivity index (χ4n) is 4.58. The number of benzene rings is 1. The van der Waals surface area contributed by atoms with Gasteiger partial charge in [-0.2, -0.15) is 0 Å². The summed E-state index contributed by atoms with van der Waals surface area (Å²) in [7, 11) is 0. The number of carbonyl (C=O) groups excluding carboxylic acids is 2. The van der Waals surface area contributed by atoms with Crippen LogP contribution in [0, 0.1) is 5.92 Å². The summed E-state index contributed by atoms with van der Waals surface area (Å²) >= 11 is 0. The van der Waals surface area contributed by atoms with Crippen LogP contribution < -0.4 is 0 Å². The number of amides is 1. The number of hydrogen-bond donors (Lipinski definition) is 0. The topological polar surface area (TPSA) is 40.6 Å². The largest absolute Gasteiger partial charge is 0.337 e. The summed E-state index contributed by atoms with van der Waals surface area (Å²) < 4.78 is 0. The van der Waals surface area contributed by atoms with Crippen molar-refractivity contribution in [2.45, 2.75) is 57.4 Å². The van der Waals surface area contributed by atoms with Crippen molar-refractivity contribution in [3.8, 4) is 0 Å². The van der Waals surface area contributed by atoms with E-state index in [1.54, 1.807) is 0 Å². The highest BCUT2D eigenvalue weighted by Gasteiger charge is 2.32. The van der Waals surface area contributed by atoms with Crippen molar-refractivity contribution in [1.82, 2.24) is 9.80 Å². The zero-order valence-electron chi connectivity index (χ0n) is 15.7. The van der Waals surface area contributed by atoms with Crippen LogP contribution in [0.1, 0.15) is 72.1 Å². The predicted octanol–water partition coefficient (Wildman–Crippen LogP) is 3.76. The molecule has 2 saturated carbocycles. The molecule has 0 N–H and O–H groups in total. The van der Waals surface area contributed by atoms with Gasteiger partial charge in [0.15, 0.2) is 5.78 Å². The first kappa shape index (κ1) is 17.7. The molecule has 1 aromatic rings. The van der Waals surface area contributed by atoms with Crippen molar-refractivity contribution in [3.63, 3.8) is 0 Å². The number of carbonyl (C=O) groups is 2. The molecule has 1 saturated heterocycles. The molecule has 4 nitrogen and oxygen atoms in total. The Morgan fingerprint density at radius 2 is 1.50 bits per heavy atom. The van der Waals surface area contributed by atoms with E-state index in [1.807, 2.05) is 29.2 Å². The maximum atomic E-state index is 13.2. The second-order valence-electron chi connectivity index (χ2n) is 8.16. The van der Waals surface area contributed by atoms with Crippen molar-refractivity contribution in [2.75, 3.05) is 26.2 Å². The standard InChI is InChI=1S/C22H30N2O2/c25-21(17-7-2-1-3-8-17)19-9-4-5-10-20(19)22(26)24-14-6-13-23(15-16-24)18-11-12-18/h4-5,9-10,17-18H,1-3,6-8,11-16H2. The van der Waals surface area contributed by atoms with Gasteiger partial charge in [-0.3, -0.25) is 14.5 Å². The monoisotopic (exact) mass is 354 g/mol. The molecular weight excluding hydrogens is 324 g/mol. The maximum Gasteiger partial charge on any atom is 0.254 e. The number of nitrogens with zero attached hydrogens (tertiary/aromatic N) is 2. The Morgan fingerprint density at radius 1 is 0.769 bits per heavy atom. The van der Waals surface area contributed by atoms with E-state index < -0.39 is 0 Å². The lowest BCUT2D eigenvalue weighted by molar-refractivity contribution is 0.0751. The second-order valence-corrected chi connectivity index (χ2v) is 8.16. The Hall–Kier alpha value is -1.68. The van der Waals surface area contributed by atoms with E-state index in [-0.39, 0.29) is 17.6 Å². The van der Waals surface area contributed by atoms with E-state index in [0.29, 0.717) is 11.1 Å². The SMILES string of the molecule is O=C(c1ccccc1C(=O)N1CCCN(C2CC2)CC1)C1CCCCC1. The molecule has 0 atom stereocenters. The van der Waals surface area contributed by atoms with Gasteiger partial charge in [-0.1, -0.05) is 37.5 Å². The van der Waals surface area contributed by atoms with Crippen LogP contribution >= 0.6 is 0 Å². The van der Waals surface area contributed by atoms with Gasteiger partial charge in [0.05, 0.1) is 5.56 Å². The Bertz CT molecular complexity index is 662. The smallest absolute Gasteiger partial charge is 0.254 e. The van der Waals surface area contributed by atoms with Gasteiger partial charge >= 0.3 is 0 Å². The van der Waals surface area contributed by atoms with Gasteiger partial charge in [-0.15, -0.1) is 0 Å². The molecule has 0 spiro atoms. The quantitative estimate of drug-likeness (QED) is 0.773. The van der Waals surface area contributed by atoms with Crippen LogP contribution in [-0.2, 0) is 0 Å². The van der Waals surface area contributed by atoms with Gasteiger partial charge in [0.2, 0.25) is 0 Å². The summed E-state index contributed by atoms with van der Waals surface area (Å²) in [5.74, 6) is 0.331. The van der Waals surface area contributed by atoms with E-state index in [2.05, 4.69) is 4.90 Å². The van der Waals surface area contributed by atoms with Gasteiger partial charge in [0.25, 0.3) is 5.91 Å². The summed E-state index contributed by atoms with van der Waals surface area (Å²) in [6.45, 7) is 3.64. The van der Waals surface area contributed by atoms with Gasteiger partial charge in [-0.25, -0.2) is 0 Å². The molecule has 26 heavy (non-hydrogen) atoms. The van der Waals surface area contributed by atoms with Crippen molar-refractivity contribution < 1.29 is 9.59 Å². The molecule has 1 heterocycles. The lowest BCUT2D eigenvalue weighted by Crippen LogP contribution is -2.36. The van der Waals surface area contributed by atoms with Crippen LogP contribution in [0.25, 0.3) is 0 Å². The minimum absolute atomic E-state index is 0.0439. The first-order valence-corrected chi connectivity index (χ1v) is 10.4. The Balaban J connectivity index is 1.49. The first-order chi connectivity index (χ1) is 12.7. The minimum Gasteiger partial charge on any atom is -0.337 e. The summed E-state index contributed by atoms with van der Waals surface area (Å²) in [6, 6.07) is 8.24. The van der Waals surface area contributed by atoms with E-state index in [1.165, 1.54) is 19.3 Å². The molecule has 4 rings (SSSR count). The fourth-order valence-corrected chi connectivity index (χ4v) is 4.58. The highest BCUT2D eigenvalue weighted by molar-refractivity contribution is 6.08. The summed E-state index contributed by atoms with van der Waals surface area (Å²) in [5, 5.41) is 0. The minimum atomic E-state index is 0.0439. The molecule has 1 amide bonds. The molecule has 2 aliphatic carbocycles. The lowest BCUT2D eigenvalue weighted by Gasteiger charge is -2.24. The van der Waals surface area contributed by atoms with Gasteiger partial charge in [0, 0.05) is 43.7 Å². The molecule has 1 aromatic carbocycles. The summed E-state index contributed by atoms with van der Waals surface area (Å²) in [6.07, 6.45) is 9.10. The van der Waals surface area contributed by atoms with Crippen LogP contribution in [0.15, 0.2) is 24.3 Å². The molecule has 0 bridgehead atoms. The third-order valence-corrected chi connectivity index (χ3v) is 6.28. The maximum absolute atomic E-state index is 13.2. The third-order valence-electron chi connectivity index (χ3n) is 6.28. The van der Waals surface area contributed by atoms with E-state index >= 15 is 0 Å². The molecular formula is C22H30N2O2. The Kier molecular flexibility index (Phi) is 5.39. The summed E-state index contributed by atoms with van der Waals surface area (Å²) in [5.41, 5.74) is 1.26. The molecule has 0 radical (unpaired) electrons. The van der Waals surface area contributed by atoms with Crippen molar-refractivity contribution in [3.05, 3.63) is 35.4 Å². The predicted molar refractivity (Wildman–Crippen MR) is 102 cm³/mol. The first-order valence-electron chi connectivity index (χ1n) is 10.4. The number of ketones is 1. The van der Waals surface area contributed by atoms with Crippen molar-refractivity contribution in [2.24, 2.45) is 5.92 Å². The number of rotatable bonds is 4. The normalized spacial score (nSPS) is 22.8. The second kappa shape index (κ2) is 7.91. The van der Waals surface area contributed by atoms with E-state index in [9.17, 15) is 9.59 Å². The van der Waals surface area contributed by atoms with Crippen LogP contribution in [0.2, 0.25) is 0 Å². The van der Waals surface area contributed by atoms with Crippen LogP contribution in [0.5, 0.6) is 0 Å². The van der Waals surface area contributed by atoms with Gasteiger partial charge in [0.1, 0.15) is 0 Å². The molecule has 3 aliphatic rings. The van der Waals surface area contributed by atoms with Crippen LogP contribution in [0.3, 0.4) is 0 Å². The molecule has 4 heteroatoms. The average Bonchev–Trinajstić information content (AvgIpc) is 3.54. The Labute approximate surface area is 156 Å². The molecule has 3 fully saturated rings. The highest BCUT2D eigenvalue weighted by Crippen LogP contribution is 2.29. The van der Waals surface area contributed by atoms with Gasteiger partial charge < -0.3 is 4.90 Å². The third kappa shape index (κ3) is 3.85. The van der Waals surface area contributed by atoms with Crippen LogP contribution in [0.4, 0.5) is 0 Å². The fraction of sp³-hybridized carbons (Fsp3) is 0.636. The van der Waals surface area contributed by atoms with E-state index in [0.717, 1.165) is 64.3 Å². The average molecular weight is 354 g/mol. The molecule has 140 valence electrons. The zero-order valence-corrected chi connectivity index (χ0v) is 15.7. The molecule has 0 unspecified atom stereocenters. The van der Waals surface area contributed by atoms with Crippen molar-refractivity contribution >= 4 is 11.7 Å². The van der Waals surface area contributed by atoms with Crippen LogP contribution in [-0.4, -0.2) is 53.7 Å².